The third kappa shape index (κ3) is 5.88. The zero-order valence-electron chi connectivity index (χ0n) is 16.5. The highest BCUT2D eigenvalue weighted by Gasteiger charge is 2.13. The van der Waals surface area contributed by atoms with Gasteiger partial charge in [-0.2, -0.15) is 11.3 Å². The van der Waals surface area contributed by atoms with Crippen LogP contribution in [0.2, 0.25) is 0 Å². The number of imidazole rings is 1. The van der Waals surface area contributed by atoms with E-state index >= 15 is 0 Å². The lowest BCUT2D eigenvalue weighted by atomic mass is 10.2. The molecule has 0 atom stereocenters. The number of carbonyl (C=O) groups is 2. The Morgan fingerprint density at radius 3 is 2.86 bits per heavy atom. The minimum absolute atomic E-state index is 0.109. The van der Waals surface area contributed by atoms with Gasteiger partial charge in [-0.05, 0) is 43.3 Å². The van der Waals surface area contributed by atoms with Gasteiger partial charge in [-0.25, -0.2) is 4.98 Å². The average Bonchev–Trinajstić information content (AvgIpc) is 3.37. The zero-order valence-corrected chi connectivity index (χ0v) is 17.3. The first kappa shape index (κ1) is 21.0. The van der Waals surface area contributed by atoms with Gasteiger partial charge >= 0.3 is 0 Å². The van der Waals surface area contributed by atoms with Crippen molar-refractivity contribution >= 4 is 40.1 Å². The molecule has 154 valence electrons. The van der Waals surface area contributed by atoms with E-state index in [0.29, 0.717) is 50.7 Å². The van der Waals surface area contributed by atoms with Crippen molar-refractivity contribution in [3.8, 4) is 0 Å². The van der Waals surface area contributed by atoms with Crippen LogP contribution in [0, 0.1) is 0 Å². The number of aromatic nitrogens is 2. The Labute approximate surface area is 174 Å². The fraction of sp³-hybridized carbons (Fsp3) is 0.381. The predicted octanol–water partition coefficient (Wildman–Crippen LogP) is 3.67. The van der Waals surface area contributed by atoms with Crippen LogP contribution in [0.3, 0.4) is 0 Å². The number of thiophene rings is 1. The standard InChI is InChI=1S/C21H26N4O3S/c1-2-28-13-6-12-25-18-8-4-3-7-17(18)23-21(25)24-19(26)9-5-11-22-20(27)16-10-14-29-15-16/h3-4,7-8,10,14-15H,2,5-6,9,11-13H2,1H3,(H,22,27)(H,23,24,26). The van der Waals surface area contributed by atoms with Gasteiger partial charge in [0.2, 0.25) is 11.9 Å². The number of benzene rings is 1. The molecule has 1 aromatic carbocycles. The molecule has 29 heavy (non-hydrogen) atoms. The first-order valence-electron chi connectivity index (χ1n) is 9.82. The van der Waals surface area contributed by atoms with Gasteiger partial charge in [-0.15, -0.1) is 0 Å². The van der Waals surface area contributed by atoms with Crippen molar-refractivity contribution in [3.05, 3.63) is 46.7 Å². The molecule has 2 amide bonds. The molecule has 0 aliphatic rings. The molecular formula is C21H26N4O3S. The summed E-state index contributed by atoms with van der Waals surface area (Å²) < 4.78 is 7.44. The lowest BCUT2D eigenvalue weighted by Crippen LogP contribution is -2.25. The number of aryl methyl sites for hydroxylation is 1. The van der Waals surface area contributed by atoms with Gasteiger partial charge < -0.3 is 14.6 Å². The highest BCUT2D eigenvalue weighted by Crippen LogP contribution is 2.20. The zero-order chi connectivity index (χ0) is 20.5. The van der Waals surface area contributed by atoms with Crippen molar-refractivity contribution in [2.45, 2.75) is 32.7 Å². The third-order valence-electron chi connectivity index (χ3n) is 4.43. The van der Waals surface area contributed by atoms with Crippen molar-refractivity contribution in [1.82, 2.24) is 14.9 Å². The predicted molar refractivity (Wildman–Crippen MR) is 115 cm³/mol. The smallest absolute Gasteiger partial charge is 0.252 e. The first-order valence-corrected chi connectivity index (χ1v) is 10.8. The topological polar surface area (TPSA) is 85.2 Å². The number of ether oxygens (including phenoxy) is 1. The summed E-state index contributed by atoms with van der Waals surface area (Å²) in [6, 6.07) is 9.61. The van der Waals surface area contributed by atoms with Crippen LogP contribution in [0.4, 0.5) is 5.95 Å². The molecular weight excluding hydrogens is 388 g/mol. The highest BCUT2D eigenvalue weighted by atomic mass is 32.1. The fourth-order valence-corrected chi connectivity index (χ4v) is 3.64. The normalized spacial score (nSPS) is 10.9. The molecule has 2 aromatic heterocycles. The van der Waals surface area contributed by atoms with Crippen LogP contribution in [-0.2, 0) is 16.1 Å². The quantitative estimate of drug-likeness (QED) is 0.469. The van der Waals surface area contributed by atoms with Crippen molar-refractivity contribution in [2.75, 3.05) is 25.1 Å². The molecule has 2 N–H and O–H groups in total. The minimum Gasteiger partial charge on any atom is -0.382 e. The second-order valence-electron chi connectivity index (χ2n) is 6.55. The summed E-state index contributed by atoms with van der Waals surface area (Å²) in [6.07, 6.45) is 1.71. The Hall–Kier alpha value is -2.71. The van der Waals surface area contributed by atoms with Crippen LogP contribution in [0.5, 0.6) is 0 Å². The van der Waals surface area contributed by atoms with Crippen LogP contribution in [-0.4, -0.2) is 41.1 Å². The molecule has 3 rings (SSSR count). The Kier molecular flexibility index (Phi) is 7.77. The Morgan fingerprint density at radius 2 is 2.07 bits per heavy atom. The Balaban J connectivity index is 1.53. The first-order chi connectivity index (χ1) is 14.2. The van der Waals surface area contributed by atoms with E-state index in [1.165, 1.54) is 11.3 Å². The summed E-state index contributed by atoms with van der Waals surface area (Å²) in [5.41, 5.74) is 2.49. The number of nitrogens with one attached hydrogen (secondary N) is 2. The maximum Gasteiger partial charge on any atom is 0.252 e. The average molecular weight is 415 g/mol. The fourth-order valence-electron chi connectivity index (χ4n) is 3.00. The second kappa shape index (κ2) is 10.7. The number of carbonyl (C=O) groups excluding carboxylic acids is 2. The van der Waals surface area contributed by atoms with E-state index in [2.05, 4.69) is 15.6 Å². The van der Waals surface area contributed by atoms with Crippen molar-refractivity contribution in [1.29, 1.82) is 0 Å². The van der Waals surface area contributed by atoms with E-state index in [4.69, 9.17) is 4.74 Å². The number of amides is 2. The highest BCUT2D eigenvalue weighted by molar-refractivity contribution is 7.08. The number of hydrogen-bond donors (Lipinski definition) is 2. The van der Waals surface area contributed by atoms with Crippen molar-refractivity contribution < 1.29 is 14.3 Å². The lowest BCUT2D eigenvalue weighted by molar-refractivity contribution is -0.116. The molecule has 0 radical (unpaired) electrons. The molecule has 8 heteroatoms. The number of para-hydroxylation sites is 2. The van der Waals surface area contributed by atoms with Gasteiger partial charge in [-0.1, -0.05) is 12.1 Å². The van der Waals surface area contributed by atoms with E-state index in [0.717, 1.165) is 17.5 Å². The summed E-state index contributed by atoms with van der Waals surface area (Å²) in [6.45, 7) is 4.50. The van der Waals surface area contributed by atoms with Crippen LogP contribution < -0.4 is 10.6 Å². The third-order valence-corrected chi connectivity index (χ3v) is 5.11. The molecule has 0 saturated heterocycles. The van der Waals surface area contributed by atoms with Crippen LogP contribution in [0.1, 0.15) is 36.5 Å². The number of fused-ring (bicyclic) bond motifs is 1. The summed E-state index contributed by atoms with van der Waals surface area (Å²) in [4.78, 5) is 28.9. The molecule has 0 bridgehead atoms. The van der Waals surface area contributed by atoms with Crippen LogP contribution in [0.25, 0.3) is 11.0 Å². The van der Waals surface area contributed by atoms with Crippen molar-refractivity contribution in [2.24, 2.45) is 0 Å². The van der Waals surface area contributed by atoms with Gasteiger partial charge in [-0.3, -0.25) is 14.9 Å². The minimum atomic E-state index is -0.115. The van der Waals surface area contributed by atoms with Crippen LogP contribution in [0.15, 0.2) is 41.1 Å². The van der Waals surface area contributed by atoms with Gasteiger partial charge in [0.1, 0.15) is 0 Å². The maximum atomic E-state index is 12.4. The van der Waals surface area contributed by atoms with Crippen molar-refractivity contribution in [3.63, 3.8) is 0 Å². The molecule has 0 saturated carbocycles. The maximum absolute atomic E-state index is 12.4. The van der Waals surface area contributed by atoms with E-state index in [1.807, 2.05) is 41.1 Å². The van der Waals surface area contributed by atoms with Gasteiger partial charge in [0.15, 0.2) is 0 Å². The summed E-state index contributed by atoms with van der Waals surface area (Å²) >= 11 is 1.48. The Bertz CT molecular complexity index is 937. The summed E-state index contributed by atoms with van der Waals surface area (Å²) in [5.74, 6) is 0.328. The molecule has 3 aromatic rings. The van der Waals surface area contributed by atoms with Gasteiger partial charge in [0.25, 0.3) is 5.91 Å². The molecule has 2 heterocycles. The second-order valence-corrected chi connectivity index (χ2v) is 7.33. The molecule has 0 unspecified atom stereocenters. The van der Waals surface area contributed by atoms with E-state index in [1.54, 1.807) is 11.4 Å². The largest absolute Gasteiger partial charge is 0.382 e. The SMILES string of the molecule is CCOCCCn1c(NC(=O)CCCNC(=O)c2ccsc2)nc2ccccc21. The molecule has 7 nitrogen and oxygen atoms in total. The van der Waals surface area contributed by atoms with Crippen LogP contribution >= 0.6 is 11.3 Å². The van der Waals surface area contributed by atoms with E-state index in [9.17, 15) is 9.59 Å². The number of rotatable bonds is 11. The molecule has 0 fully saturated rings. The molecule has 0 spiro atoms. The van der Waals surface area contributed by atoms with E-state index in [-0.39, 0.29) is 11.8 Å². The molecule has 0 aliphatic heterocycles. The summed E-state index contributed by atoms with van der Waals surface area (Å²) in [7, 11) is 0. The van der Waals surface area contributed by atoms with E-state index < -0.39 is 0 Å². The Morgan fingerprint density at radius 1 is 1.21 bits per heavy atom. The van der Waals surface area contributed by atoms with Gasteiger partial charge in [0, 0.05) is 43.7 Å². The number of nitrogens with zero attached hydrogens (tertiary/aromatic N) is 2. The summed E-state index contributed by atoms with van der Waals surface area (Å²) in [5, 5.41) is 9.42. The number of hydrogen-bond acceptors (Lipinski definition) is 5. The monoisotopic (exact) mass is 414 g/mol. The van der Waals surface area contributed by atoms with Gasteiger partial charge in [0.05, 0.1) is 11.0 Å². The lowest BCUT2D eigenvalue weighted by Gasteiger charge is -2.10. The number of anilines is 1. The molecule has 0 aliphatic carbocycles.